The largest absolute Gasteiger partial charge is 0.493 e. The summed E-state index contributed by atoms with van der Waals surface area (Å²) in [6.07, 6.45) is 3.06. The van der Waals surface area contributed by atoms with Gasteiger partial charge in [0.05, 0.1) is 19.5 Å². The molecule has 10 heavy (non-hydrogen) atoms. The van der Waals surface area contributed by atoms with Gasteiger partial charge in [-0.3, -0.25) is 0 Å². The highest BCUT2D eigenvalue weighted by Crippen LogP contribution is 2.05. The van der Waals surface area contributed by atoms with Crippen molar-refractivity contribution < 1.29 is 4.74 Å². The first kappa shape index (κ1) is 6.53. The summed E-state index contributed by atoms with van der Waals surface area (Å²) in [5.41, 5.74) is 0. The molecule has 2 N–H and O–H groups in total. The third kappa shape index (κ3) is 1.22. The van der Waals surface area contributed by atoms with Gasteiger partial charge in [0.2, 0.25) is 0 Å². The van der Waals surface area contributed by atoms with Crippen molar-refractivity contribution in [1.29, 1.82) is 0 Å². The van der Waals surface area contributed by atoms with Gasteiger partial charge in [-0.05, 0) is 5.22 Å². The minimum absolute atomic E-state index is 0.618. The van der Waals surface area contributed by atoms with Gasteiger partial charge in [0.25, 0.3) is 0 Å². The van der Waals surface area contributed by atoms with E-state index in [9.17, 15) is 0 Å². The second-order valence-electron chi connectivity index (χ2n) is 1.51. The first-order chi connectivity index (χ1) is 4.86. The SMILES string of the molecule is COc1cnn(/N=N/N)c1. The Morgan fingerprint density at radius 2 is 2.60 bits per heavy atom. The molecule has 0 saturated heterocycles. The van der Waals surface area contributed by atoms with Crippen molar-refractivity contribution in [2.75, 3.05) is 7.11 Å². The molecule has 0 amide bonds. The minimum Gasteiger partial charge on any atom is -0.493 e. The van der Waals surface area contributed by atoms with Crippen LogP contribution in [-0.4, -0.2) is 17.0 Å². The second-order valence-corrected chi connectivity index (χ2v) is 1.51. The normalized spacial score (nSPS) is 10.5. The number of hydrogen-bond acceptors (Lipinski definition) is 4. The molecular weight excluding hydrogens is 134 g/mol. The number of aromatic nitrogens is 2. The van der Waals surface area contributed by atoms with Gasteiger partial charge in [0.1, 0.15) is 0 Å². The number of ether oxygens (including phenoxy) is 1. The highest BCUT2D eigenvalue weighted by Gasteiger charge is 1.93. The maximum Gasteiger partial charge on any atom is 0.159 e. The fraction of sp³-hybridized carbons (Fsp3) is 0.250. The average Bonchev–Trinajstić information content (AvgIpc) is 2.37. The Morgan fingerprint density at radius 3 is 3.10 bits per heavy atom. The molecule has 0 aliphatic rings. The maximum absolute atomic E-state index is 4.82. The van der Waals surface area contributed by atoms with Gasteiger partial charge in [-0.25, -0.2) is 0 Å². The molecule has 1 rings (SSSR count). The van der Waals surface area contributed by atoms with E-state index in [1.54, 1.807) is 13.3 Å². The molecule has 0 spiro atoms. The molecular formula is C4H7N5O. The summed E-state index contributed by atoms with van der Waals surface area (Å²) in [6, 6.07) is 0. The maximum atomic E-state index is 4.82. The standard InChI is InChI=1S/C4H7N5O/c1-10-4-2-6-9(3-4)8-7-5/h2-3H,1H3,(H2,5,8). The monoisotopic (exact) mass is 141 g/mol. The molecule has 54 valence electrons. The van der Waals surface area contributed by atoms with Crippen LogP contribution in [-0.2, 0) is 0 Å². The van der Waals surface area contributed by atoms with E-state index in [1.807, 2.05) is 0 Å². The molecule has 0 bridgehead atoms. The van der Waals surface area contributed by atoms with Crippen LogP contribution in [0.5, 0.6) is 5.75 Å². The number of rotatable bonds is 2. The van der Waals surface area contributed by atoms with Crippen molar-refractivity contribution in [1.82, 2.24) is 9.89 Å². The molecule has 0 fully saturated rings. The van der Waals surface area contributed by atoms with Crippen LogP contribution in [0.15, 0.2) is 22.8 Å². The molecule has 0 aromatic carbocycles. The number of methoxy groups -OCH3 is 1. The number of nitrogens with two attached hydrogens (primary N) is 1. The summed E-state index contributed by atoms with van der Waals surface area (Å²) in [6.45, 7) is 0. The summed E-state index contributed by atoms with van der Waals surface area (Å²) < 4.78 is 4.82. The van der Waals surface area contributed by atoms with Crippen LogP contribution < -0.4 is 10.6 Å². The lowest BCUT2D eigenvalue weighted by Gasteiger charge is -1.87. The summed E-state index contributed by atoms with van der Waals surface area (Å²) in [4.78, 5) is 1.21. The van der Waals surface area contributed by atoms with E-state index in [0.717, 1.165) is 0 Å². The van der Waals surface area contributed by atoms with E-state index in [2.05, 4.69) is 15.5 Å². The van der Waals surface area contributed by atoms with Gasteiger partial charge in [0.15, 0.2) is 5.75 Å². The van der Waals surface area contributed by atoms with Crippen molar-refractivity contribution in [2.45, 2.75) is 0 Å². The van der Waals surface area contributed by atoms with Crippen molar-refractivity contribution >= 4 is 0 Å². The van der Waals surface area contributed by atoms with Crippen LogP contribution in [0.1, 0.15) is 0 Å². The van der Waals surface area contributed by atoms with E-state index in [1.165, 1.54) is 11.0 Å². The van der Waals surface area contributed by atoms with E-state index in [4.69, 9.17) is 10.6 Å². The molecule has 0 aliphatic heterocycles. The second kappa shape index (κ2) is 2.81. The lowest BCUT2D eigenvalue weighted by Crippen LogP contribution is -1.88. The fourth-order valence-electron chi connectivity index (χ4n) is 0.504. The van der Waals surface area contributed by atoms with Crippen LogP contribution in [0.25, 0.3) is 0 Å². The predicted molar refractivity (Wildman–Crippen MR) is 33.2 cm³/mol. The first-order valence-electron chi connectivity index (χ1n) is 2.56. The highest BCUT2D eigenvalue weighted by molar-refractivity contribution is 5.10. The van der Waals surface area contributed by atoms with Crippen LogP contribution in [0.4, 0.5) is 0 Å². The molecule has 1 aromatic rings. The summed E-state index contributed by atoms with van der Waals surface area (Å²) >= 11 is 0. The highest BCUT2D eigenvalue weighted by atomic mass is 16.5. The molecule has 0 saturated carbocycles. The predicted octanol–water partition coefficient (Wildman–Crippen LogP) is -0.0193. The van der Waals surface area contributed by atoms with Crippen molar-refractivity contribution in [3.8, 4) is 5.75 Å². The Labute approximate surface area is 57.2 Å². The zero-order valence-electron chi connectivity index (χ0n) is 5.43. The lowest BCUT2D eigenvalue weighted by atomic mass is 10.7. The van der Waals surface area contributed by atoms with Gasteiger partial charge in [0, 0.05) is 0 Å². The molecule has 0 aliphatic carbocycles. The zero-order chi connectivity index (χ0) is 7.40. The summed E-state index contributed by atoms with van der Waals surface area (Å²) in [7, 11) is 1.54. The van der Waals surface area contributed by atoms with Crippen LogP contribution in [0, 0.1) is 0 Å². The van der Waals surface area contributed by atoms with Gasteiger partial charge < -0.3 is 10.6 Å². The topological polar surface area (TPSA) is 77.8 Å². The van der Waals surface area contributed by atoms with Crippen molar-refractivity contribution in [3.05, 3.63) is 12.4 Å². The third-order valence-electron chi connectivity index (χ3n) is 0.925. The quantitative estimate of drug-likeness (QED) is 0.357. The van der Waals surface area contributed by atoms with Crippen molar-refractivity contribution in [2.24, 2.45) is 16.3 Å². The minimum atomic E-state index is 0.618. The Bertz CT molecular complexity index is 229. The summed E-state index contributed by atoms with van der Waals surface area (Å²) in [5, 5.41) is 10.2. The molecule has 1 aromatic heterocycles. The number of hydrogen-bond donors (Lipinski definition) is 1. The Hall–Kier alpha value is -1.59. The first-order valence-corrected chi connectivity index (χ1v) is 2.56. The molecule has 1 heterocycles. The lowest BCUT2D eigenvalue weighted by molar-refractivity contribution is 0.414. The van der Waals surface area contributed by atoms with Gasteiger partial charge >= 0.3 is 0 Å². The number of nitrogens with zero attached hydrogens (tertiary/aromatic N) is 4. The van der Waals surface area contributed by atoms with E-state index in [0.29, 0.717) is 5.75 Å². The van der Waals surface area contributed by atoms with Crippen LogP contribution in [0.3, 0.4) is 0 Å². The molecule has 0 radical (unpaired) electrons. The Balaban J connectivity index is 2.78. The van der Waals surface area contributed by atoms with Crippen LogP contribution >= 0.6 is 0 Å². The van der Waals surface area contributed by atoms with E-state index >= 15 is 0 Å². The molecule has 6 heteroatoms. The molecule has 6 nitrogen and oxygen atoms in total. The molecule has 0 atom stereocenters. The third-order valence-corrected chi connectivity index (χ3v) is 0.925. The van der Waals surface area contributed by atoms with Gasteiger partial charge in [-0.1, -0.05) is 5.22 Å². The van der Waals surface area contributed by atoms with E-state index in [-0.39, 0.29) is 0 Å². The Morgan fingerprint density at radius 1 is 1.80 bits per heavy atom. The molecule has 0 unspecified atom stereocenters. The van der Waals surface area contributed by atoms with Gasteiger partial charge in [-0.15, -0.1) is 4.79 Å². The summed E-state index contributed by atoms with van der Waals surface area (Å²) in [5.74, 6) is 5.39. The van der Waals surface area contributed by atoms with E-state index < -0.39 is 0 Å². The Kier molecular flexibility index (Phi) is 1.83. The zero-order valence-corrected chi connectivity index (χ0v) is 5.43. The van der Waals surface area contributed by atoms with Crippen LogP contribution in [0.2, 0.25) is 0 Å². The smallest absolute Gasteiger partial charge is 0.159 e. The van der Waals surface area contributed by atoms with Crippen molar-refractivity contribution in [3.63, 3.8) is 0 Å². The fourth-order valence-corrected chi connectivity index (χ4v) is 0.504. The average molecular weight is 141 g/mol. The van der Waals surface area contributed by atoms with Gasteiger partial charge in [-0.2, -0.15) is 5.10 Å².